The summed E-state index contributed by atoms with van der Waals surface area (Å²) in [6.07, 6.45) is 5.73. The van der Waals surface area contributed by atoms with Crippen LogP contribution in [0, 0.1) is 12.8 Å². The number of rotatable bonds is 3. The van der Waals surface area contributed by atoms with Crippen molar-refractivity contribution >= 4 is 37.6 Å². The van der Waals surface area contributed by atoms with Crippen LogP contribution in [0.15, 0.2) is 47.5 Å². The fraction of sp³-hybridized carbons (Fsp3) is 0.333. The Balaban J connectivity index is 1.32. The highest BCUT2D eigenvalue weighted by Gasteiger charge is 2.23. The van der Waals surface area contributed by atoms with E-state index < -0.39 is 0 Å². The molecule has 1 aliphatic heterocycles. The third-order valence-corrected chi connectivity index (χ3v) is 6.65. The largest absolute Gasteiger partial charge is 0.348 e. The summed E-state index contributed by atoms with van der Waals surface area (Å²) in [4.78, 5) is 28.8. The molecule has 142 valence electrons. The molecule has 7 heteroatoms. The third kappa shape index (κ3) is 3.05. The highest BCUT2D eigenvalue weighted by molar-refractivity contribution is 7.22. The summed E-state index contributed by atoms with van der Waals surface area (Å²) in [5, 5.41) is 1.77. The molecule has 0 saturated carbocycles. The maximum Gasteiger partial charge on any atom is 0.261 e. The first-order valence-corrected chi connectivity index (χ1v) is 10.4. The Morgan fingerprint density at radius 1 is 1.11 bits per heavy atom. The number of aromatic nitrogens is 4. The Labute approximate surface area is 166 Å². The minimum Gasteiger partial charge on any atom is -0.348 e. The summed E-state index contributed by atoms with van der Waals surface area (Å²) < 4.78 is 3.03. The first kappa shape index (κ1) is 17.3. The molecule has 0 amide bonds. The van der Waals surface area contributed by atoms with Gasteiger partial charge in [0.15, 0.2) is 5.13 Å². The van der Waals surface area contributed by atoms with E-state index in [2.05, 4.69) is 14.9 Å². The van der Waals surface area contributed by atoms with Gasteiger partial charge < -0.3 is 4.90 Å². The monoisotopic (exact) mass is 391 g/mol. The van der Waals surface area contributed by atoms with Gasteiger partial charge in [0, 0.05) is 25.8 Å². The molecule has 0 unspecified atom stereocenters. The van der Waals surface area contributed by atoms with Crippen LogP contribution >= 0.6 is 11.3 Å². The maximum atomic E-state index is 12.9. The lowest BCUT2D eigenvalue weighted by molar-refractivity contribution is 0.348. The molecule has 4 aromatic rings. The Kier molecular flexibility index (Phi) is 4.31. The lowest BCUT2D eigenvalue weighted by Gasteiger charge is -2.32. The van der Waals surface area contributed by atoms with Gasteiger partial charge in [-0.05, 0) is 43.9 Å². The summed E-state index contributed by atoms with van der Waals surface area (Å²) in [7, 11) is 0. The maximum absolute atomic E-state index is 12.9. The zero-order valence-electron chi connectivity index (χ0n) is 15.7. The third-order valence-electron chi connectivity index (χ3n) is 5.56. The second-order valence-electron chi connectivity index (χ2n) is 7.36. The van der Waals surface area contributed by atoms with E-state index >= 15 is 0 Å². The second kappa shape index (κ2) is 6.98. The number of hydrogen-bond donors (Lipinski definition) is 0. The molecule has 1 fully saturated rings. The van der Waals surface area contributed by atoms with Gasteiger partial charge in [-0.15, -0.1) is 0 Å². The molecule has 3 aromatic heterocycles. The summed E-state index contributed by atoms with van der Waals surface area (Å²) in [5.41, 5.74) is 1.82. The summed E-state index contributed by atoms with van der Waals surface area (Å²) in [6, 6.07) is 9.61. The van der Waals surface area contributed by atoms with Gasteiger partial charge in [-0.1, -0.05) is 23.5 Å². The number of nitrogens with zero attached hydrogens (tertiary/aromatic N) is 5. The van der Waals surface area contributed by atoms with E-state index in [9.17, 15) is 4.79 Å². The zero-order chi connectivity index (χ0) is 19.1. The second-order valence-corrected chi connectivity index (χ2v) is 8.37. The number of pyridine rings is 1. The zero-order valence-corrected chi connectivity index (χ0v) is 16.5. The minimum atomic E-state index is 0.0733. The SMILES string of the molecule is Cc1nc2ccccc2c(=O)n1CC1CCN(c2nc3cnccc3s2)CC1. The van der Waals surface area contributed by atoms with Crippen LogP contribution in [0.25, 0.3) is 21.1 Å². The molecular formula is C21H21N5OS. The van der Waals surface area contributed by atoms with Crippen LogP contribution in [0.4, 0.5) is 5.13 Å². The highest BCUT2D eigenvalue weighted by atomic mass is 32.1. The van der Waals surface area contributed by atoms with Crippen LogP contribution in [0.1, 0.15) is 18.7 Å². The molecule has 0 radical (unpaired) electrons. The van der Waals surface area contributed by atoms with Crippen LogP contribution in [0.5, 0.6) is 0 Å². The van der Waals surface area contributed by atoms with Crippen molar-refractivity contribution in [2.75, 3.05) is 18.0 Å². The van der Waals surface area contributed by atoms with Gasteiger partial charge in [-0.2, -0.15) is 0 Å². The quantitative estimate of drug-likeness (QED) is 0.534. The van der Waals surface area contributed by atoms with Gasteiger partial charge in [-0.3, -0.25) is 14.3 Å². The molecule has 0 spiro atoms. The predicted octanol–water partition coefficient (Wildman–Crippen LogP) is 3.63. The molecule has 0 bridgehead atoms. The fourth-order valence-corrected chi connectivity index (χ4v) is 4.95. The smallest absolute Gasteiger partial charge is 0.261 e. The average molecular weight is 392 g/mol. The molecule has 4 heterocycles. The lowest BCUT2D eigenvalue weighted by atomic mass is 9.97. The van der Waals surface area contributed by atoms with Gasteiger partial charge in [0.1, 0.15) is 11.3 Å². The molecule has 1 saturated heterocycles. The Hall–Kier alpha value is -2.80. The molecule has 5 rings (SSSR count). The predicted molar refractivity (Wildman–Crippen MR) is 113 cm³/mol. The number of para-hydroxylation sites is 1. The Morgan fingerprint density at radius 2 is 1.93 bits per heavy atom. The standard InChI is InChI=1S/C21H21N5OS/c1-14-23-17-5-3-2-4-16(17)20(27)26(14)13-15-7-10-25(11-8-15)21-24-18-12-22-9-6-19(18)28-21/h2-6,9,12,15H,7-8,10-11,13H2,1H3. The van der Waals surface area contributed by atoms with Gasteiger partial charge >= 0.3 is 0 Å². The van der Waals surface area contributed by atoms with Crippen molar-refractivity contribution in [2.45, 2.75) is 26.3 Å². The fourth-order valence-electron chi connectivity index (χ4n) is 3.96. The molecule has 0 atom stereocenters. The van der Waals surface area contributed by atoms with Crippen molar-refractivity contribution in [3.05, 3.63) is 58.9 Å². The molecule has 6 nitrogen and oxygen atoms in total. The summed E-state index contributed by atoms with van der Waals surface area (Å²) >= 11 is 1.72. The summed E-state index contributed by atoms with van der Waals surface area (Å²) in [5.74, 6) is 1.27. The van der Waals surface area contributed by atoms with E-state index in [-0.39, 0.29) is 5.56 Å². The number of benzene rings is 1. The average Bonchev–Trinajstić information content (AvgIpc) is 3.16. The molecular weight excluding hydrogens is 370 g/mol. The number of aryl methyl sites for hydroxylation is 1. The Morgan fingerprint density at radius 3 is 2.75 bits per heavy atom. The highest BCUT2D eigenvalue weighted by Crippen LogP contribution is 2.31. The van der Waals surface area contributed by atoms with E-state index in [1.54, 1.807) is 11.3 Å². The van der Waals surface area contributed by atoms with Crippen molar-refractivity contribution in [2.24, 2.45) is 5.92 Å². The van der Waals surface area contributed by atoms with Crippen molar-refractivity contribution in [1.29, 1.82) is 0 Å². The number of fused-ring (bicyclic) bond motifs is 2. The normalized spacial score (nSPS) is 15.5. The minimum absolute atomic E-state index is 0.0733. The van der Waals surface area contributed by atoms with Gasteiger partial charge in [0.25, 0.3) is 5.56 Å². The first-order chi connectivity index (χ1) is 13.7. The lowest BCUT2D eigenvalue weighted by Crippen LogP contribution is -2.37. The van der Waals surface area contributed by atoms with Gasteiger partial charge in [0.05, 0.1) is 21.8 Å². The van der Waals surface area contributed by atoms with Gasteiger partial charge in [-0.25, -0.2) is 9.97 Å². The number of hydrogen-bond acceptors (Lipinski definition) is 6. The van der Waals surface area contributed by atoms with E-state index in [0.29, 0.717) is 11.3 Å². The van der Waals surface area contributed by atoms with Crippen molar-refractivity contribution in [3.8, 4) is 0 Å². The topological polar surface area (TPSA) is 63.9 Å². The molecule has 28 heavy (non-hydrogen) atoms. The van der Waals surface area contributed by atoms with Gasteiger partial charge in [0.2, 0.25) is 0 Å². The molecule has 1 aliphatic rings. The number of thiazole rings is 1. The van der Waals surface area contributed by atoms with Crippen LogP contribution in [-0.2, 0) is 6.54 Å². The van der Waals surface area contributed by atoms with E-state index in [4.69, 9.17) is 4.98 Å². The van der Waals surface area contributed by atoms with Crippen molar-refractivity contribution < 1.29 is 0 Å². The number of piperidine rings is 1. The summed E-state index contributed by atoms with van der Waals surface area (Å²) in [6.45, 7) is 4.59. The van der Waals surface area contributed by atoms with Crippen LogP contribution in [0.3, 0.4) is 0 Å². The van der Waals surface area contributed by atoms with E-state index in [0.717, 1.165) is 54.5 Å². The molecule has 0 N–H and O–H groups in total. The van der Waals surface area contributed by atoms with E-state index in [1.165, 1.54) is 4.70 Å². The molecule has 0 aliphatic carbocycles. The van der Waals surface area contributed by atoms with Crippen LogP contribution in [-0.4, -0.2) is 32.6 Å². The van der Waals surface area contributed by atoms with Crippen LogP contribution in [0.2, 0.25) is 0 Å². The Bertz CT molecular complexity index is 1170. The van der Waals surface area contributed by atoms with Crippen LogP contribution < -0.4 is 10.5 Å². The first-order valence-electron chi connectivity index (χ1n) is 9.61. The van der Waals surface area contributed by atoms with Crippen molar-refractivity contribution in [1.82, 2.24) is 19.5 Å². The van der Waals surface area contributed by atoms with Crippen molar-refractivity contribution in [3.63, 3.8) is 0 Å². The molecule has 1 aromatic carbocycles. The number of anilines is 1. The van der Waals surface area contributed by atoms with E-state index in [1.807, 2.05) is 54.2 Å².